The van der Waals surface area contributed by atoms with Crippen LogP contribution in [0.5, 0.6) is 0 Å². The highest BCUT2D eigenvalue weighted by Gasteiger charge is 2.34. The van der Waals surface area contributed by atoms with E-state index >= 15 is 0 Å². The Morgan fingerprint density at radius 3 is 2.72 bits per heavy atom. The van der Waals surface area contributed by atoms with Crippen molar-refractivity contribution in [1.29, 1.82) is 0 Å². The summed E-state index contributed by atoms with van der Waals surface area (Å²) in [4.78, 5) is 29.2. The largest absolute Gasteiger partial charge is 0.433 e. The van der Waals surface area contributed by atoms with E-state index in [9.17, 15) is 22.8 Å². The molecule has 0 saturated carbocycles. The van der Waals surface area contributed by atoms with Crippen LogP contribution in [0.15, 0.2) is 41.5 Å². The Labute approximate surface area is 140 Å². The Morgan fingerprint density at radius 2 is 2.08 bits per heavy atom. The molecule has 3 heterocycles. The van der Waals surface area contributed by atoms with E-state index in [1.807, 2.05) is 0 Å². The van der Waals surface area contributed by atoms with Crippen LogP contribution in [0.1, 0.15) is 28.9 Å². The Kier molecular flexibility index (Phi) is 4.56. The third-order valence-corrected chi connectivity index (χ3v) is 4.11. The summed E-state index contributed by atoms with van der Waals surface area (Å²) in [6.45, 7) is 0.728. The van der Waals surface area contributed by atoms with Gasteiger partial charge in [-0.25, -0.2) is 4.68 Å². The molecule has 0 aliphatic carbocycles. The molecule has 0 aromatic carbocycles. The zero-order valence-corrected chi connectivity index (χ0v) is 13.1. The van der Waals surface area contributed by atoms with E-state index < -0.39 is 17.8 Å². The lowest BCUT2D eigenvalue weighted by Gasteiger charge is -2.25. The van der Waals surface area contributed by atoms with Gasteiger partial charge in [0.1, 0.15) is 5.69 Å². The van der Waals surface area contributed by atoms with Crippen molar-refractivity contribution in [3.63, 3.8) is 0 Å². The van der Waals surface area contributed by atoms with Gasteiger partial charge in [-0.15, -0.1) is 0 Å². The molecule has 6 nitrogen and oxygen atoms in total. The summed E-state index contributed by atoms with van der Waals surface area (Å²) in [6, 6.07) is 4.60. The maximum Gasteiger partial charge on any atom is 0.433 e. The van der Waals surface area contributed by atoms with E-state index in [0.29, 0.717) is 13.0 Å². The molecule has 9 heteroatoms. The Hall–Kier alpha value is -2.71. The van der Waals surface area contributed by atoms with Crippen LogP contribution in [0.2, 0.25) is 0 Å². The van der Waals surface area contributed by atoms with E-state index in [-0.39, 0.29) is 23.7 Å². The standard InChI is InChI=1S/C16H15F3N4O2/c17-16(18,19)13-6-5-11(9-20-13)15(25)22-8-2-3-12(22)10-23-14(24)4-1-7-21-23/h1,4-7,9,12H,2-3,8,10H2. The monoisotopic (exact) mass is 352 g/mol. The summed E-state index contributed by atoms with van der Waals surface area (Å²) in [7, 11) is 0. The number of pyridine rings is 1. The second kappa shape index (κ2) is 6.66. The second-order valence-corrected chi connectivity index (χ2v) is 5.77. The molecule has 2 aromatic rings. The fourth-order valence-electron chi connectivity index (χ4n) is 2.87. The van der Waals surface area contributed by atoms with Gasteiger partial charge < -0.3 is 4.90 Å². The summed E-state index contributed by atoms with van der Waals surface area (Å²) in [6.07, 6.45) is -0.664. The average molecular weight is 352 g/mol. The van der Waals surface area contributed by atoms with Crippen molar-refractivity contribution in [3.8, 4) is 0 Å². The van der Waals surface area contributed by atoms with Gasteiger partial charge in [-0.05, 0) is 31.0 Å². The lowest BCUT2D eigenvalue weighted by Crippen LogP contribution is -2.40. The van der Waals surface area contributed by atoms with E-state index in [1.165, 1.54) is 23.0 Å². The number of carbonyl (C=O) groups excluding carboxylic acids is 1. The average Bonchev–Trinajstić information content (AvgIpc) is 3.04. The minimum absolute atomic E-state index is 0.0910. The molecule has 0 bridgehead atoms. The molecule has 0 radical (unpaired) electrons. The van der Waals surface area contributed by atoms with Crippen LogP contribution in [-0.4, -0.2) is 38.2 Å². The molecule has 25 heavy (non-hydrogen) atoms. The number of amides is 1. The molecule has 1 aliphatic rings. The van der Waals surface area contributed by atoms with Gasteiger partial charge in [-0.3, -0.25) is 14.6 Å². The molecule has 1 amide bonds. The van der Waals surface area contributed by atoms with Crippen molar-refractivity contribution in [1.82, 2.24) is 19.7 Å². The van der Waals surface area contributed by atoms with Gasteiger partial charge in [-0.2, -0.15) is 18.3 Å². The number of halogens is 3. The molecule has 1 saturated heterocycles. The summed E-state index contributed by atoms with van der Waals surface area (Å²) < 4.78 is 39.0. The highest BCUT2D eigenvalue weighted by atomic mass is 19.4. The molecule has 2 aromatic heterocycles. The van der Waals surface area contributed by atoms with Crippen LogP contribution in [0.4, 0.5) is 13.2 Å². The molecule has 0 N–H and O–H groups in total. The first-order valence-electron chi connectivity index (χ1n) is 7.72. The van der Waals surface area contributed by atoms with E-state index in [1.54, 1.807) is 4.90 Å². The fourth-order valence-corrected chi connectivity index (χ4v) is 2.87. The molecular weight excluding hydrogens is 337 g/mol. The van der Waals surface area contributed by atoms with Crippen LogP contribution in [0.25, 0.3) is 0 Å². The topological polar surface area (TPSA) is 68.1 Å². The van der Waals surface area contributed by atoms with Crippen LogP contribution in [-0.2, 0) is 12.7 Å². The maximum absolute atomic E-state index is 12.6. The fraction of sp³-hybridized carbons (Fsp3) is 0.375. The van der Waals surface area contributed by atoms with Crippen LogP contribution in [0, 0.1) is 0 Å². The number of hydrogen-bond acceptors (Lipinski definition) is 4. The van der Waals surface area contributed by atoms with Crippen molar-refractivity contribution in [2.24, 2.45) is 0 Å². The van der Waals surface area contributed by atoms with Crippen LogP contribution in [0.3, 0.4) is 0 Å². The Bertz CT molecular complexity index is 817. The van der Waals surface area contributed by atoms with Gasteiger partial charge in [0.15, 0.2) is 0 Å². The zero-order chi connectivity index (χ0) is 18.0. The van der Waals surface area contributed by atoms with E-state index in [2.05, 4.69) is 10.1 Å². The number of aromatic nitrogens is 3. The lowest BCUT2D eigenvalue weighted by atomic mass is 10.2. The molecule has 1 unspecified atom stereocenters. The van der Waals surface area contributed by atoms with Gasteiger partial charge in [0.25, 0.3) is 11.5 Å². The highest BCUT2D eigenvalue weighted by Crippen LogP contribution is 2.28. The first-order chi connectivity index (χ1) is 11.9. The normalized spacial score (nSPS) is 17.7. The zero-order valence-electron chi connectivity index (χ0n) is 13.1. The summed E-state index contributed by atoms with van der Waals surface area (Å²) in [5, 5.41) is 3.98. The number of carbonyl (C=O) groups is 1. The molecule has 1 fully saturated rings. The summed E-state index contributed by atoms with van der Waals surface area (Å²) in [5.41, 5.74) is -1.21. The summed E-state index contributed by atoms with van der Waals surface area (Å²) >= 11 is 0. The predicted molar refractivity (Wildman–Crippen MR) is 81.8 cm³/mol. The second-order valence-electron chi connectivity index (χ2n) is 5.77. The van der Waals surface area contributed by atoms with Gasteiger partial charge in [0.2, 0.25) is 0 Å². The number of nitrogens with zero attached hydrogens (tertiary/aromatic N) is 4. The number of rotatable bonds is 3. The number of hydrogen-bond donors (Lipinski definition) is 0. The third kappa shape index (κ3) is 3.70. The predicted octanol–water partition coefficient (Wildman–Crippen LogP) is 1.96. The lowest BCUT2D eigenvalue weighted by molar-refractivity contribution is -0.141. The quantitative estimate of drug-likeness (QED) is 0.847. The Balaban J connectivity index is 1.77. The molecular formula is C16H15F3N4O2. The Morgan fingerprint density at radius 1 is 1.28 bits per heavy atom. The van der Waals surface area contributed by atoms with Gasteiger partial charge in [0.05, 0.1) is 18.2 Å². The third-order valence-electron chi connectivity index (χ3n) is 4.11. The summed E-state index contributed by atoms with van der Waals surface area (Å²) in [5.74, 6) is -0.396. The SMILES string of the molecule is O=C(c1ccc(C(F)(F)F)nc1)N1CCCC1Cn1ncccc1=O. The van der Waals surface area contributed by atoms with Crippen molar-refractivity contribution < 1.29 is 18.0 Å². The van der Waals surface area contributed by atoms with Crippen molar-refractivity contribution in [3.05, 3.63) is 58.3 Å². The van der Waals surface area contributed by atoms with Crippen LogP contribution >= 0.6 is 0 Å². The van der Waals surface area contributed by atoms with Crippen molar-refractivity contribution in [2.45, 2.75) is 31.6 Å². The minimum atomic E-state index is -4.54. The van der Waals surface area contributed by atoms with Gasteiger partial charge >= 0.3 is 6.18 Å². The van der Waals surface area contributed by atoms with Gasteiger partial charge in [-0.1, -0.05) is 0 Å². The minimum Gasteiger partial charge on any atom is -0.334 e. The first kappa shape index (κ1) is 17.1. The van der Waals surface area contributed by atoms with Crippen LogP contribution < -0.4 is 5.56 Å². The molecule has 1 aliphatic heterocycles. The molecule has 1 atom stereocenters. The van der Waals surface area contributed by atoms with Crippen molar-refractivity contribution in [2.75, 3.05) is 6.54 Å². The van der Waals surface area contributed by atoms with Gasteiger partial charge in [0, 0.05) is 25.0 Å². The first-order valence-corrected chi connectivity index (χ1v) is 7.72. The number of likely N-dealkylation sites (tertiary alicyclic amines) is 1. The number of alkyl halides is 3. The maximum atomic E-state index is 12.6. The smallest absolute Gasteiger partial charge is 0.334 e. The molecule has 0 spiro atoms. The van der Waals surface area contributed by atoms with E-state index in [0.717, 1.165) is 24.8 Å². The molecule has 3 rings (SSSR count). The van der Waals surface area contributed by atoms with E-state index in [4.69, 9.17) is 0 Å². The van der Waals surface area contributed by atoms with Crippen molar-refractivity contribution >= 4 is 5.91 Å². The highest BCUT2D eigenvalue weighted by molar-refractivity contribution is 5.94. The molecule has 132 valence electrons.